The van der Waals surface area contributed by atoms with E-state index in [0.717, 1.165) is 11.4 Å². The van der Waals surface area contributed by atoms with E-state index in [0.29, 0.717) is 23.7 Å². The average molecular weight is 309 g/mol. The van der Waals surface area contributed by atoms with Crippen LogP contribution in [0.3, 0.4) is 0 Å². The number of nitrogens with one attached hydrogen (secondary N) is 1. The van der Waals surface area contributed by atoms with E-state index in [1.165, 1.54) is 12.1 Å². The number of hydrogen-bond acceptors (Lipinski definition) is 3. The van der Waals surface area contributed by atoms with Crippen LogP contribution in [0.1, 0.15) is 5.56 Å². The van der Waals surface area contributed by atoms with Crippen molar-refractivity contribution in [1.29, 1.82) is 0 Å². The predicted octanol–water partition coefficient (Wildman–Crippen LogP) is 3.52. The average Bonchev–Trinajstić information content (AvgIpc) is 2.49. The number of halogens is 2. The molecular formula is C16H18ClFN2O. The van der Waals surface area contributed by atoms with Crippen LogP contribution in [0.2, 0.25) is 5.02 Å². The fourth-order valence-corrected chi connectivity index (χ4v) is 2.18. The van der Waals surface area contributed by atoms with Crippen LogP contribution in [0.4, 0.5) is 15.8 Å². The summed E-state index contributed by atoms with van der Waals surface area (Å²) in [5.41, 5.74) is 2.45. The van der Waals surface area contributed by atoms with Crippen LogP contribution in [0.25, 0.3) is 0 Å². The van der Waals surface area contributed by atoms with Crippen molar-refractivity contribution in [3.05, 3.63) is 58.9 Å². The molecule has 0 aliphatic carbocycles. The van der Waals surface area contributed by atoms with Crippen molar-refractivity contribution >= 4 is 23.0 Å². The Labute approximate surface area is 129 Å². The van der Waals surface area contributed by atoms with Gasteiger partial charge in [0, 0.05) is 42.1 Å². The topological polar surface area (TPSA) is 35.5 Å². The van der Waals surface area contributed by atoms with Gasteiger partial charge in [-0.1, -0.05) is 11.6 Å². The van der Waals surface area contributed by atoms with Gasteiger partial charge in [0.15, 0.2) is 0 Å². The quantitative estimate of drug-likeness (QED) is 0.857. The van der Waals surface area contributed by atoms with Crippen LogP contribution < -0.4 is 10.2 Å². The maximum atomic E-state index is 13.6. The summed E-state index contributed by atoms with van der Waals surface area (Å²) in [7, 11) is 1.92. The highest BCUT2D eigenvalue weighted by Gasteiger charge is 2.04. The molecule has 2 aromatic carbocycles. The predicted molar refractivity (Wildman–Crippen MR) is 85.5 cm³/mol. The van der Waals surface area contributed by atoms with Gasteiger partial charge in [0.2, 0.25) is 0 Å². The fourth-order valence-electron chi connectivity index (χ4n) is 1.99. The molecule has 0 bridgehead atoms. The molecule has 3 nitrogen and oxygen atoms in total. The molecule has 0 aliphatic heterocycles. The SMILES string of the molecule is CN(CCO)c1ccc(NCc2cc(Cl)ccc2F)cc1. The molecule has 2 aromatic rings. The molecule has 0 heterocycles. The van der Waals surface area contributed by atoms with Gasteiger partial charge in [-0.2, -0.15) is 0 Å². The summed E-state index contributed by atoms with van der Waals surface area (Å²) in [6.45, 7) is 1.07. The van der Waals surface area contributed by atoms with Crippen molar-refractivity contribution in [3.8, 4) is 0 Å². The highest BCUT2D eigenvalue weighted by molar-refractivity contribution is 6.30. The lowest BCUT2D eigenvalue weighted by Crippen LogP contribution is -2.20. The lowest BCUT2D eigenvalue weighted by atomic mass is 10.2. The highest BCUT2D eigenvalue weighted by atomic mass is 35.5. The summed E-state index contributed by atoms with van der Waals surface area (Å²) in [5.74, 6) is -0.272. The first-order valence-corrected chi connectivity index (χ1v) is 7.08. The number of benzene rings is 2. The van der Waals surface area contributed by atoms with Crippen molar-refractivity contribution in [1.82, 2.24) is 0 Å². The van der Waals surface area contributed by atoms with E-state index < -0.39 is 0 Å². The monoisotopic (exact) mass is 308 g/mol. The Morgan fingerprint density at radius 3 is 2.57 bits per heavy atom. The van der Waals surface area contributed by atoms with Crippen LogP contribution in [-0.2, 0) is 6.54 Å². The van der Waals surface area contributed by atoms with E-state index in [1.54, 1.807) is 6.07 Å². The second-order valence-electron chi connectivity index (χ2n) is 4.78. The third-order valence-corrected chi connectivity index (χ3v) is 3.47. The maximum Gasteiger partial charge on any atom is 0.128 e. The molecule has 0 fully saturated rings. The molecule has 2 N–H and O–H groups in total. The van der Waals surface area contributed by atoms with Gasteiger partial charge < -0.3 is 15.3 Å². The number of aliphatic hydroxyl groups is 1. The summed E-state index contributed by atoms with van der Waals surface area (Å²) in [4.78, 5) is 1.96. The number of likely N-dealkylation sites (N-methyl/N-ethyl adjacent to an activating group) is 1. The Kier molecular flexibility index (Phi) is 5.42. The molecule has 0 aliphatic rings. The summed E-state index contributed by atoms with van der Waals surface area (Å²) in [6, 6.07) is 12.3. The third kappa shape index (κ3) is 4.34. The summed E-state index contributed by atoms with van der Waals surface area (Å²) >= 11 is 5.86. The van der Waals surface area contributed by atoms with Gasteiger partial charge in [-0.25, -0.2) is 4.39 Å². The van der Waals surface area contributed by atoms with Gasteiger partial charge in [0.25, 0.3) is 0 Å². The lowest BCUT2D eigenvalue weighted by molar-refractivity contribution is 0.304. The minimum atomic E-state index is -0.272. The second kappa shape index (κ2) is 7.29. The largest absolute Gasteiger partial charge is 0.395 e. The Morgan fingerprint density at radius 1 is 1.19 bits per heavy atom. The zero-order valence-electron chi connectivity index (χ0n) is 11.8. The Balaban J connectivity index is 1.99. The second-order valence-corrected chi connectivity index (χ2v) is 5.22. The standard InChI is InChI=1S/C16H18ClFN2O/c1-20(8-9-21)15-5-3-14(4-6-15)19-11-12-10-13(17)2-7-16(12)18/h2-7,10,19,21H,8-9,11H2,1H3. The zero-order chi connectivity index (χ0) is 15.2. The molecule has 112 valence electrons. The minimum Gasteiger partial charge on any atom is -0.395 e. The van der Waals surface area contributed by atoms with Crippen molar-refractivity contribution in [2.45, 2.75) is 6.54 Å². The lowest BCUT2D eigenvalue weighted by Gasteiger charge is -2.18. The summed E-state index contributed by atoms with van der Waals surface area (Å²) in [5, 5.41) is 12.6. The van der Waals surface area contributed by atoms with E-state index in [2.05, 4.69) is 5.32 Å². The molecule has 0 spiro atoms. The molecule has 0 unspecified atom stereocenters. The third-order valence-electron chi connectivity index (χ3n) is 3.23. The maximum absolute atomic E-state index is 13.6. The summed E-state index contributed by atoms with van der Waals surface area (Å²) in [6.07, 6.45) is 0. The first-order valence-electron chi connectivity index (χ1n) is 6.70. The van der Waals surface area contributed by atoms with E-state index in [-0.39, 0.29) is 12.4 Å². The van der Waals surface area contributed by atoms with Crippen LogP contribution >= 0.6 is 11.6 Å². The Hall–Kier alpha value is -1.78. The van der Waals surface area contributed by atoms with Crippen molar-refractivity contribution in [3.63, 3.8) is 0 Å². The van der Waals surface area contributed by atoms with Gasteiger partial charge in [0.1, 0.15) is 5.82 Å². The van der Waals surface area contributed by atoms with Gasteiger partial charge in [0.05, 0.1) is 6.61 Å². The number of hydrogen-bond donors (Lipinski definition) is 2. The molecule has 0 aromatic heterocycles. The van der Waals surface area contributed by atoms with Crippen LogP contribution in [-0.4, -0.2) is 25.3 Å². The van der Waals surface area contributed by atoms with Crippen molar-refractivity contribution in [2.24, 2.45) is 0 Å². The first-order chi connectivity index (χ1) is 10.1. The molecule has 2 rings (SSSR count). The molecule has 21 heavy (non-hydrogen) atoms. The van der Waals surface area contributed by atoms with Gasteiger partial charge in [-0.05, 0) is 42.5 Å². The smallest absolute Gasteiger partial charge is 0.128 e. The number of aliphatic hydroxyl groups excluding tert-OH is 1. The molecule has 5 heteroatoms. The van der Waals surface area contributed by atoms with E-state index in [1.807, 2.05) is 36.2 Å². The Morgan fingerprint density at radius 2 is 1.90 bits per heavy atom. The molecule has 0 atom stereocenters. The number of rotatable bonds is 6. The van der Waals surface area contributed by atoms with Gasteiger partial charge in [-0.15, -0.1) is 0 Å². The fraction of sp³-hybridized carbons (Fsp3) is 0.250. The molecular weight excluding hydrogens is 291 g/mol. The minimum absolute atomic E-state index is 0.116. The van der Waals surface area contributed by atoms with E-state index in [9.17, 15) is 4.39 Å². The van der Waals surface area contributed by atoms with Crippen LogP contribution in [0.15, 0.2) is 42.5 Å². The van der Waals surface area contributed by atoms with Gasteiger partial charge >= 0.3 is 0 Å². The molecule has 0 radical (unpaired) electrons. The van der Waals surface area contributed by atoms with Crippen LogP contribution in [0.5, 0.6) is 0 Å². The van der Waals surface area contributed by atoms with Crippen molar-refractivity contribution < 1.29 is 9.50 Å². The molecule has 0 saturated heterocycles. The summed E-state index contributed by atoms with van der Waals surface area (Å²) < 4.78 is 13.6. The van der Waals surface area contributed by atoms with E-state index >= 15 is 0 Å². The van der Waals surface area contributed by atoms with E-state index in [4.69, 9.17) is 16.7 Å². The molecule has 0 amide bonds. The number of nitrogens with zero attached hydrogens (tertiary/aromatic N) is 1. The number of anilines is 2. The van der Waals surface area contributed by atoms with Gasteiger partial charge in [-0.3, -0.25) is 0 Å². The Bertz CT molecular complexity index is 589. The molecule has 0 saturated carbocycles. The highest BCUT2D eigenvalue weighted by Crippen LogP contribution is 2.19. The zero-order valence-corrected chi connectivity index (χ0v) is 12.6. The van der Waals surface area contributed by atoms with Crippen molar-refractivity contribution in [2.75, 3.05) is 30.4 Å². The first kappa shape index (κ1) is 15.6. The normalized spacial score (nSPS) is 10.5. The van der Waals surface area contributed by atoms with Crippen LogP contribution in [0, 0.1) is 5.82 Å².